The number of sulfonamides is 1. The fourth-order valence-electron chi connectivity index (χ4n) is 3.40. The fourth-order valence-corrected chi connectivity index (χ4v) is 5.06. The molecular weight excluding hydrogens is 374 g/mol. The molecule has 1 amide bonds. The van der Waals surface area contributed by atoms with Crippen molar-refractivity contribution in [2.24, 2.45) is 0 Å². The molecule has 1 aliphatic heterocycles. The second-order valence-electron chi connectivity index (χ2n) is 7.31. The van der Waals surface area contributed by atoms with Gasteiger partial charge in [-0.1, -0.05) is 35.9 Å². The third-order valence-electron chi connectivity index (χ3n) is 5.08. The van der Waals surface area contributed by atoms with E-state index in [1.54, 1.807) is 30.3 Å². The topological polar surface area (TPSA) is 69.7 Å². The average molecular weight is 402 g/mol. The van der Waals surface area contributed by atoms with Crippen molar-refractivity contribution in [1.29, 1.82) is 0 Å². The van der Waals surface area contributed by atoms with E-state index in [2.05, 4.69) is 10.2 Å². The van der Waals surface area contributed by atoms with Crippen LogP contribution in [0.3, 0.4) is 0 Å². The zero-order chi connectivity index (χ0) is 20.1. The van der Waals surface area contributed by atoms with E-state index in [0.717, 1.165) is 18.7 Å². The quantitative estimate of drug-likeness (QED) is 0.808. The molecule has 1 aliphatic rings. The molecule has 0 atom stereocenters. The summed E-state index contributed by atoms with van der Waals surface area (Å²) in [6.07, 6.45) is 1.42. The summed E-state index contributed by atoms with van der Waals surface area (Å²) in [5.74, 6) is -0.331. The Morgan fingerprint density at radius 3 is 2.29 bits per heavy atom. The summed E-state index contributed by atoms with van der Waals surface area (Å²) < 4.78 is 27.9. The molecule has 1 saturated heterocycles. The van der Waals surface area contributed by atoms with Crippen LogP contribution in [0.25, 0.3) is 0 Å². The Bertz CT molecular complexity index is 890. The molecule has 6 nitrogen and oxygen atoms in total. The molecule has 3 rings (SSSR count). The average Bonchev–Trinajstić information content (AvgIpc) is 2.69. The van der Waals surface area contributed by atoms with Crippen molar-refractivity contribution in [1.82, 2.24) is 9.21 Å². The number of hydrogen-bond acceptors (Lipinski definition) is 4. The molecule has 0 unspecified atom stereocenters. The monoisotopic (exact) mass is 401 g/mol. The first-order valence-electron chi connectivity index (χ1n) is 9.48. The van der Waals surface area contributed by atoms with Gasteiger partial charge in [0.2, 0.25) is 15.9 Å². The maximum atomic E-state index is 13.3. The van der Waals surface area contributed by atoms with Crippen molar-refractivity contribution < 1.29 is 13.2 Å². The van der Waals surface area contributed by atoms with E-state index in [0.29, 0.717) is 18.5 Å². The maximum absolute atomic E-state index is 13.3. The van der Waals surface area contributed by atoms with Gasteiger partial charge in [-0.15, -0.1) is 0 Å². The highest BCUT2D eigenvalue weighted by molar-refractivity contribution is 7.89. The van der Waals surface area contributed by atoms with Gasteiger partial charge in [-0.25, -0.2) is 8.42 Å². The van der Waals surface area contributed by atoms with Crippen molar-refractivity contribution in [2.75, 3.05) is 32.0 Å². The van der Waals surface area contributed by atoms with E-state index < -0.39 is 10.0 Å². The lowest BCUT2D eigenvalue weighted by Gasteiger charge is -2.36. The predicted molar refractivity (Wildman–Crippen MR) is 111 cm³/mol. The van der Waals surface area contributed by atoms with Crippen molar-refractivity contribution >= 4 is 21.6 Å². The lowest BCUT2D eigenvalue weighted by molar-refractivity contribution is -0.116. The summed E-state index contributed by atoms with van der Waals surface area (Å²) in [7, 11) is -1.73. The van der Waals surface area contributed by atoms with Gasteiger partial charge in [-0.05, 0) is 64.2 Å². The Balaban J connectivity index is 1.81. The van der Waals surface area contributed by atoms with Gasteiger partial charge in [0, 0.05) is 11.7 Å². The number of anilines is 1. The van der Waals surface area contributed by atoms with Gasteiger partial charge in [0.1, 0.15) is 0 Å². The highest BCUT2D eigenvalue weighted by Gasteiger charge is 2.34. The first-order valence-corrected chi connectivity index (χ1v) is 10.9. The van der Waals surface area contributed by atoms with Crippen LogP contribution in [0.15, 0.2) is 59.5 Å². The molecule has 0 aliphatic carbocycles. The van der Waals surface area contributed by atoms with Crippen LogP contribution in [0.2, 0.25) is 0 Å². The molecular formula is C21H27N3O3S. The van der Waals surface area contributed by atoms with Crippen LogP contribution in [0.1, 0.15) is 18.4 Å². The standard InChI is InChI=1S/C21H27N3O3S/c1-17-8-10-18(11-9-17)22-21(25)16-24(19-12-14-23(2)15-13-19)28(26,27)20-6-4-3-5-7-20/h3-11,19H,12-16H2,1-2H3,(H,22,25). The molecule has 28 heavy (non-hydrogen) atoms. The molecule has 150 valence electrons. The van der Waals surface area contributed by atoms with E-state index in [1.807, 2.05) is 38.2 Å². The zero-order valence-corrected chi connectivity index (χ0v) is 17.2. The second-order valence-corrected chi connectivity index (χ2v) is 9.20. The van der Waals surface area contributed by atoms with Gasteiger partial charge >= 0.3 is 0 Å². The number of carbonyl (C=O) groups excluding carboxylic acids is 1. The largest absolute Gasteiger partial charge is 0.325 e. The fraction of sp³-hybridized carbons (Fsp3) is 0.381. The summed E-state index contributed by atoms with van der Waals surface area (Å²) in [5, 5.41) is 2.82. The molecule has 1 fully saturated rings. The molecule has 1 N–H and O–H groups in total. The Morgan fingerprint density at radius 1 is 1.07 bits per heavy atom. The molecule has 7 heteroatoms. The SMILES string of the molecule is Cc1ccc(NC(=O)CN(C2CCN(C)CC2)S(=O)(=O)c2ccccc2)cc1. The minimum absolute atomic E-state index is 0.190. The molecule has 0 saturated carbocycles. The van der Waals surface area contributed by atoms with Gasteiger partial charge in [-0.3, -0.25) is 4.79 Å². The molecule has 2 aromatic rings. The van der Waals surface area contributed by atoms with Crippen LogP contribution in [-0.2, 0) is 14.8 Å². The number of nitrogens with zero attached hydrogens (tertiary/aromatic N) is 2. The number of nitrogens with one attached hydrogen (secondary N) is 1. The smallest absolute Gasteiger partial charge is 0.243 e. The Morgan fingerprint density at radius 2 is 1.68 bits per heavy atom. The highest BCUT2D eigenvalue weighted by atomic mass is 32.2. The Labute approximate surface area is 167 Å². The first-order chi connectivity index (χ1) is 13.4. The number of rotatable bonds is 6. The minimum Gasteiger partial charge on any atom is -0.325 e. The Hall–Kier alpha value is -2.22. The van der Waals surface area contributed by atoms with Crippen LogP contribution >= 0.6 is 0 Å². The van der Waals surface area contributed by atoms with Crippen LogP contribution in [0.5, 0.6) is 0 Å². The van der Waals surface area contributed by atoms with Crippen LogP contribution in [-0.4, -0.2) is 56.3 Å². The van der Waals surface area contributed by atoms with E-state index in [-0.39, 0.29) is 23.4 Å². The van der Waals surface area contributed by atoms with Gasteiger partial charge in [0.15, 0.2) is 0 Å². The van der Waals surface area contributed by atoms with Crippen LogP contribution in [0.4, 0.5) is 5.69 Å². The summed E-state index contributed by atoms with van der Waals surface area (Å²) in [4.78, 5) is 15.1. The zero-order valence-electron chi connectivity index (χ0n) is 16.3. The van der Waals surface area contributed by atoms with E-state index in [9.17, 15) is 13.2 Å². The van der Waals surface area contributed by atoms with E-state index in [4.69, 9.17) is 0 Å². The summed E-state index contributed by atoms with van der Waals surface area (Å²) in [6.45, 7) is 3.40. The van der Waals surface area contributed by atoms with E-state index in [1.165, 1.54) is 4.31 Å². The van der Waals surface area contributed by atoms with Crippen molar-refractivity contribution in [2.45, 2.75) is 30.7 Å². The summed E-state index contributed by atoms with van der Waals surface area (Å²) >= 11 is 0. The predicted octanol–water partition coefficient (Wildman–Crippen LogP) is 2.72. The molecule has 1 heterocycles. The Kier molecular flexibility index (Phi) is 6.49. The number of piperidine rings is 1. The van der Waals surface area contributed by atoms with Gasteiger partial charge in [-0.2, -0.15) is 4.31 Å². The molecule has 2 aromatic carbocycles. The highest BCUT2D eigenvalue weighted by Crippen LogP contribution is 2.24. The number of amides is 1. The van der Waals surface area contributed by atoms with E-state index >= 15 is 0 Å². The number of aryl methyl sites for hydroxylation is 1. The maximum Gasteiger partial charge on any atom is 0.243 e. The normalized spacial score (nSPS) is 16.2. The number of benzene rings is 2. The number of likely N-dealkylation sites (tertiary alicyclic amines) is 1. The second kappa shape index (κ2) is 8.86. The van der Waals surface area contributed by atoms with Crippen molar-refractivity contribution in [3.63, 3.8) is 0 Å². The van der Waals surface area contributed by atoms with Gasteiger partial charge in [0.25, 0.3) is 0 Å². The van der Waals surface area contributed by atoms with Crippen LogP contribution < -0.4 is 5.32 Å². The minimum atomic E-state index is -3.76. The van der Waals surface area contributed by atoms with Gasteiger partial charge < -0.3 is 10.2 Å². The lowest BCUT2D eigenvalue weighted by Crippen LogP contribution is -2.49. The molecule has 0 bridgehead atoms. The summed E-state index contributed by atoms with van der Waals surface area (Å²) in [5.41, 5.74) is 1.76. The van der Waals surface area contributed by atoms with Crippen molar-refractivity contribution in [3.05, 3.63) is 60.2 Å². The third-order valence-corrected chi connectivity index (χ3v) is 6.99. The van der Waals surface area contributed by atoms with Crippen molar-refractivity contribution in [3.8, 4) is 0 Å². The summed E-state index contributed by atoms with van der Waals surface area (Å²) in [6, 6.07) is 15.6. The number of hydrogen-bond donors (Lipinski definition) is 1. The first kappa shape index (κ1) is 20.5. The van der Waals surface area contributed by atoms with Gasteiger partial charge in [0.05, 0.1) is 11.4 Å². The molecule has 0 radical (unpaired) electrons. The number of carbonyl (C=O) groups is 1. The third kappa shape index (κ3) is 4.98. The lowest BCUT2D eigenvalue weighted by atomic mass is 10.1. The van der Waals surface area contributed by atoms with Crippen LogP contribution in [0, 0.1) is 6.92 Å². The molecule has 0 spiro atoms. The molecule has 0 aromatic heterocycles.